The van der Waals surface area contributed by atoms with E-state index in [1.807, 2.05) is 20.8 Å². The van der Waals surface area contributed by atoms with Crippen LogP contribution < -0.4 is 5.32 Å². The monoisotopic (exact) mass is 285 g/mol. The van der Waals surface area contributed by atoms with Crippen LogP contribution in [0, 0.1) is 11.6 Å². The molecule has 0 bridgehead atoms. The van der Waals surface area contributed by atoms with Crippen molar-refractivity contribution >= 4 is 0 Å². The summed E-state index contributed by atoms with van der Waals surface area (Å²) in [6, 6.07) is 3.74. The Morgan fingerprint density at radius 3 is 2.50 bits per heavy atom. The fraction of sp³-hybridized carbons (Fsp3) is 0.625. The maximum Gasteiger partial charge on any atom is 0.129 e. The molecular weight excluding hydrogens is 260 g/mol. The largest absolute Gasteiger partial charge is 0.374 e. The van der Waals surface area contributed by atoms with Gasteiger partial charge in [0.2, 0.25) is 0 Å². The normalized spacial score (nSPS) is 13.5. The lowest BCUT2D eigenvalue weighted by Crippen LogP contribution is -2.38. The number of rotatable bonds is 7. The van der Waals surface area contributed by atoms with Crippen LogP contribution in [0.25, 0.3) is 0 Å². The van der Waals surface area contributed by atoms with E-state index >= 15 is 0 Å². The van der Waals surface area contributed by atoms with Gasteiger partial charge in [-0.15, -0.1) is 0 Å². The Labute approximate surface area is 120 Å². The minimum absolute atomic E-state index is 0.0223. The number of hydrogen-bond acceptors (Lipinski definition) is 2. The van der Waals surface area contributed by atoms with Gasteiger partial charge in [-0.2, -0.15) is 0 Å². The zero-order valence-electron chi connectivity index (χ0n) is 12.8. The molecule has 0 spiro atoms. The second-order valence-electron chi connectivity index (χ2n) is 6.01. The van der Waals surface area contributed by atoms with Crippen LogP contribution in [-0.4, -0.2) is 24.8 Å². The molecule has 1 aromatic carbocycles. The Hall–Kier alpha value is -1.00. The van der Waals surface area contributed by atoms with E-state index in [0.717, 1.165) is 19.0 Å². The van der Waals surface area contributed by atoms with Crippen LogP contribution in [0.5, 0.6) is 0 Å². The van der Waals surface area contributed by atoms with Crippen molar-refractivity contribution in [3.8, 4) is 0 Å². The van der Waals surface area contributed by atoms with Crippen molar-refractivity contribution in [1.29, 1.82) is 0 Å². The molecule has 0 heterocycles. The molecule has 0 aromatic heterocycles. The van der Waals surface area contributed by atoms with Crippen LogP contribution in [0.4, 0.5) is 8.78 Å². The molecule has 0 saturated heterocycles. The molecule has 1 unspecified atom stereocenters. The Bertz CT molecular complexity index is 415. The standard InChI is InChI=1S/C16H25F2NO/c1-5-8-19-14(11-20-16(2,3)4)9-12-6-7-13(17)10-15(12)18/h6-7,10,14,19H,5,8-9,11H2,1-4H3. The molecule has 20 heavy (non-hydrogen) atoms. The van der Waals surface area contributed by atoms with Crippen LogP contribution >= 0.6 is 0 Å². The molecule has 1 atom stereocenters. The molecule has 1 aromatic rings. The summed E-state index contributed by atoms with van der Waals surface area (Å²) in [6.07, 6.45) is 1.49. The van der Waals surface area contributed by atoms with Gasteiger partial charge in [-0.25, -0.2) is 8.78 Å². The molecule has 0 radical (unpaired) electrons. The van der Waals surface area contributed by atoms with Gasteiger partial charge >= 0.3 is 0 Å². The summed E-state index contributed by atoms with van der Waals surface area (Å²) in [5.74, 6) is -1.04. The third-order valence-corrected chi connectivity index (χ3v) is 2.88. The fourth-order valence-electron chi connectivity index (χ4n) is 1.84. The highest BCUT2D eigenvalue weighted by Gasteiger charge is 2.17. The van der Waals surface area contributed by atoms with E-state index in [1.54, 1.807) is 0 Å². The van der Waals surface area contributed by atoms with Crippen molar-refractivity contribution in [1.82, 2.24) is 5.32 Å². The quantitative estimate of drug-likeness (QED) is 0.825. The highest BCUT2D eigenvalue weighted by Crippen LogP contribution is 2.14. The van der Waals surface area contributed by atoms with Gasteiger partial charge in [-0.05, 0) is 51.8 Å². The van der Waals surface area contributed by atoms with Gasteiger partial charge in [0.25, 0.3) is 0 Å². The lowest BCUT2D eigenvalue weighted by Gasteiger charge is -2.25. The number of nitrogens with one attached hydrogen (secondary N) is 1. The van der Waals surface area contributed by atoms with Gasteiger partial charge in [-0.3, -0.25) is 0 Å². The first kappa shape index (κ1) is 17.1. The number of ether oxygens (including phenoxy) is 1. The molecule has 0 amide bonds. The topological polar surface area (TPSA) is 21.3 Å². The van der Waals surface area contributed by atoms with E-state index in [4.69, 9.17) is 4.74 Å². The molecule has 0 aliphatic carbocycles. The van der Waals surface area contributed by atoms with Crippen molar-refractivity contribution in [3.05, 3.63) is 35.4 Å². The molecule has 0 aliphatic rings. The summed E-state index contributed by atoms with van der Waals surface area (Å²) < 4.78 is 32.4. The second kappa shape index (κ2) is 7.70. The summed E-state index contributed by atoms with van der Waals surface area (Å²) in [4.78, 5) is 0. The molecule has 114 valence electrons. The van der Waals surface area contributed by atoms with E-state index in [1.165, 1.54) is 12.1 Å². The first-order valence-electron chi connectivity index (χ1n) is 7.13. The summed E-state index contributed by atoms with van der Waals surface area (Å²) in [6.45, 7) is 9.39. The minimum atomic E-state index is -0.546. The summed E-state index contributed by atoms with van der Waals surface area (Å²) >= 11 is 0. The van der Waals surface area contributed by atoms with Crippen LogP contribution in [0.15, 0.2) is 18.2 Å². The van der Waals surface area contributed by atoms with E-state index in [9.17, 15) is 8.78 Å². The molecule has 0 fully saturated rings. The van der Waals surface area contributed by atoms with Crippen molar-refractivity contribution in [2.24, 2.45) is 0 Å². The SMILES string of the molecule is CCCNC(COC(C)(C)C)Cc1ccc(F)cc1F. The number of benzene rings is 1. The molecule has 4 heteroatoms. The van der Waals surface area contributed by atoms with E-state index < -0.39 is 11.6 Å². The zero-order valence-corrected chi connectivity index (χ0v) is 12.8. The Morgan fingerprint density at radius 2 is 1.95 bits per heavy atom. The summed E-state index contributed by atoms with van der Waals surface area (Å²) in [5.41, 5.74) is 0.283. The molecular formula is C16H25F2NO. The molecule has 1 rings (SSSR count). The predicted molar refractivity (Wildman–Crippen MR) is 77.8 cm³/mol. The van der Waals surface area contributed by atoms with Crippen molar-refractivity contribution in [2.45, 2.75) is 52.2 Å². The predicted octanol–water partition coefficient (Wildman–Crippen LogP) is 3.69. The Morgan fingerprint density at radius 1 is 1.25 bits per heavy atom. The van der Waals surface area contributed by atoms with E-state index in [-0.39, 0.29) is 11.6 Å². The lowest BCUT2D eigenvalue weighted by atomic mass is 10.1. The van der Waals surface area contributed by atoms with Crippen molar-refractivity contribution in [2.75, 3.05) is 13.2 Å². The van der Waals surface area contributed by atoms with Gasteiger partial charge in [0.15, 0.2) is 0 Å². The van der Waals surface area contributed by atoms with E-state index in [0.29, 0.717) is 18.6 Å². The van der Waals surface area contributed by atoms with Gasteiger partial charge < -0.3 is 10.1 Å². The average molecular weight is 285 g/mol. The number of halogens is 2. The highest BCUT2D eigenvalue weighted by molar-refractivity contribution is 5.19. The second-order valence-corrected chi connectivity index (χ2v) is 6.01. The van der Waals surface area contributed by atoms with Gasteiger partial charge in [-0.1, -0.05) is 13.0 Å². The maximum atomic E-state index is 13.7. The Kier molecular flexibility index (Phi) is 6.56. The Balaban J connectivity index is 2.67. The lowest BCUT2D eigenvalue weighted by molar-refractivity contribution is -0.0144. The third-order valence-electron chi connectivity index (χ3n) is 2.88. The van der Waals surface area contributed by atoms with Gasteiger partial charge in [0.1, 0.15) is 11.6 Å². The first-order chi connectivity index (χ1) is 9.31. The van der Waals surface area contributed by atoms with Crippen LogP contribution in [0.1, 0.15) is 39.7 Å². The molecule has 1 N–H and O–H groups in total. The van der Waals surface area contributed by atoms with Crippen LogP contribution in [0.3, 0.4) is 0 Å². The van der Waals surface area contributed by atoms with E-state index in [2.05, 4.69) is 12.2 Å². The van der Waals surface area contributed by atoms with Crippen molar-refractivity contribution in [3.63, 3.8) is 0 Å². The number of hydrogen-bond donors (Lipinski definition) is 1. The third kappa shape index (κ3) is 6.44. The summed E-state index contributed by atoms with van der Waals surface area (Å²) in [5, 5.41) is 3.35. The van der Waals surface area contributed by atoms with Crippen LogP contribution in [-0.2, 0) is 11.2 Å². The smallest absolute Gasteiger partial charge is 0.129 e. The summed E-state index contributed by atoms with van der Waals surface area (Å²) in [7, 11) is 0. The first-order valence-corrected chi connectivity index (χ1v) is 7.13. The zero-order chi connectivity index (χ0) is 15.2. The molecule has 0 aliphatic heterocycles. The van der Waals surface area contributed by atoms with Gasteiger partial charge in [0, 0.05) is 12.1 Å². The van der Waals surface area contributed by atoms with Gasteiger partial charge in [0.05, 0.1) is 12.2 Å². The highest BCUT2D eigenvalue weighted by atomic mass is 19.1. The average Bonchev–Trinajstić information content (AvgIpc) is 2.34. The maximum absolute atomic E-state index is 13.7. The van der Waals surface area contributed by atoms with Crippen molar-refractivity contribution < 1.29 is 13.5 Å². The van der Waals surface area contributed by atoms with Crippen LogP contribution in [0.2, 0.25) is 0 Å². The molecule has 0 saturated carbocycles. The minimum Gasteiger partial charge on any atom is -0.374 e. The fourth-order valence-corrected chi connectivity index (χ4v) is 1.84. The molecule has 2 nitrogen and oxygen atoms in total.